The van der Waals surface area contributed by atoms with Gasteiger partial charge in [0.1, 0.15) is 5.82 Å². The lowest BCUT2D eigenvalue weighted by atomic mass is 9.77. The molecular weight excluding hydrogens is 326 g/mol. The zero-order valence-electron chi connectivity index (χ0n) is 11.8. The van der Waals surface area contributed by atoms with Gasteiger partial charge in [-0.1, -0.05) is 20.8 Å². The topological polar surface area (TPSA) is 29.0 Å². The Kier molecular flexibility index (Phi) is 4.72. The van der Waals surface area contributed by atoms with Gasteiger partial charge in [0, 0.05) is 19.3 Å². The maximum absolute atomic E-state index is 5.91. The predicted molar refractivity (Wildman–Crippen MR) is 83.8 cm³/mol. The summed E-state index contributed by atoms with van der Waals surface area (Å²) in [6.45, 7) is 9.09. The quantitative estimate of drug-likeness (QED) is 0.699. The van der Waals surface area contributed by atoms with Gasteiger partial charge in [0.15, 0.2) is 0 Å². The molecule has 2 rings (SSSR count). The van der Waals surface area contributed by atoms with Crippen molar-refractivity contribution in [3.63, 3.8) is 0 Å². The third-order valence-corrected chi connectivity index (χ3v) is 4.69. The molecule has 0 saturated carbocycles. The van der Waals surface area contributed by atoms with Crippen molar-refractivity contribution in [2.45, 2.75) is 40.0 Å². The van der Waals surface area contributed by atoms with Gasteiger partial charge in [-0.15, -0.1) is 0 Å². The average Bonchev–Trinajstić information content (AvgIpc) is 2.57. The number of halogens is 2. The highest BCUT2D eigenvalue weighted by Gasteiger charge is 2.27. The Morgan fingerprint density at radius 3 is 2.74 bits per heavy atom. The molecule has 0 amide bonds. The Bertz CT molecular complexity index is 445. The smallest absolute Gasteiger partial charge is 0.224 e. The SMILES string of the molecule is CC(C)(C)C1CCCN(c2nc(Cl)ncc2Br)CC1. The molecular formula is C14H21BrClN3. The second-order valence-corrected chi connectivity index (χ2v) is 7.48. The first-order chi connectivity index (χ1) is 8.88. The molecule has 0 spiro atoms. The van der Waals surface area contributed by atoms with Crippen LogP contribution in [0.25, 0.3) is 0 Å². The van der Waals surface area contributed by atoms with E-state index >= 15 is 0 Å². The van der Waals surface area contributed by atoms with E-state index in [1.54, 1.807) is 6.20 Å². The van der Waals surface area contributed by atoms with Crippen molar-refractivity contribution in [1.29, 1.82) is 0 Å². The standard InChI is InChI=1S/C14H21BrClN3/c1-14(2,3)10-5-4-7-19(8-6-10)12-11(15)9-17-13(16)18-12/h9-10H,4-8H2,1-3H3. The van der Waals surface area contributed by atoms with Crippen LogP contribution in [0.4, 0.5) is 5.82 Å². The fourth-order valence-electron chi connectivity index (χ4n) is 2.73. The van der Waals surface area contributed by atoms with E-state index in [4.69, 9.17) is 11.6 Å². The molecule has 0 aliphatic carbocycles. The molecule has 1 aromatic heterocycles. The van der Waals surface area contributed by atoms with Crippen molar-refractivity contribution in [1.82, 2.24) is 9.97 Å². The summed E-state index contributed by atoms with van der Waals surface area (Å²) in [5, 5.41) is 0.315. The van der Waals surface area contributed by atoms with Crippen molar-refractivity contribution >= 4 is 33.3 Å². The van der Waals surface area contributed by atoms with Gasteiger partial charge in [-0.25, -0.2) is 4.98 Å². The molecule has 1 unspecified atom stereocenters. The summed E-state index contributed by atoms with van der Waals surface area (Å²) in [7, 11) is 0. The second kappa shape index (κ2) is 5.96. The van der Waals surface area contributed by atoms with Crippen LogP contribution in [0.3, 0.4) is 0 Å². The van der Waals surface area contributed by atoms with Crippen molar-refractivity contribution in [3.05, 3.63) is 16.0 Å². The van der Waals surface area contributed by atoms with E-state index in [-0.39, 0.29) is 0 Å². The number of hydrogen-bond acceptors (Lipinski definition) is 3. The molecule has 0 N–H and O–H groups in total. The molecule has 5 heteroatoms. The first kappa shape index (κ1) is 15.0. The molecule has 2 heterocycles. The van der Waals surface area contributed by atoms with Gasteiger partial charge >= 0.3 is 0 Å². The number of nitrogens with zero attached hydrogens (tertiary/aromatic N) is 3. The molecule has 1 aromatic rings. The zero-order chi connectivity index (χ0) is 14.0. The van der Waals surface area contributed by atoms with Gasteiger partial charge in [0.2, 0.25) is 5.28 Å². The molecule has 19 heavy (non-hydrogen) atoms. The highest BCUT2D eigenvalue weighted by molar-refractivity contribution is 9.10. The van der Waals surface area contributed by atoms with Crippen LogP contribution in [0, 0.1) is 11.3 Å². The number of anilines is 1. The number of aromatic nitrogens is 2. The van der Waals surface area contributed by atoms with E-state index in [1.165, 1.54) is 19.3 Å². The molecule has 1 saturated heterocycles. The molecule has 106 valence electrons. The van der Waals surface area contributed by atoms with Gasteiger partial charge in [-0.3, -0.25) is 0 Å². The van der Waals surface area contributed by atoms with Gasteiger partial charge in [0.25, 0.3) is 0 Å². The summed E-state index contributed by atoms with van der Waals surface area (Å²) in [6.07, 6.45) is 5.43. The maximum atomic E-state index is 5.91. The minimum absolute atomic E-state index is 0.315. The summed E-state index contributed by atoms with van der Waals surface area (Å²) in [6, 6.07) is 0. The van der Waals surface area contributed by atoms with Crippen molar-refractivity contribution in [2.75, 3.05) is 18.0 Å². The van der Waals surface area contributed by atoms with Crippen LogP contribution in [0.1, 0.15) is 40.0 Å². The lowest BCUT2D eigenvalue weighted by Crippen LogP contribution is -2.27. The predicted octanol–water partition coefficient (Wildman–Crippen LogP) is 4.55. The van der Waals surface area contributed by atoms with Crippen LogP contribution < -0.4 is 4.90 Å². The Balaban J connectivity index is 2.13. The summed E-state index contributed by atoms with van der Waals surface area (Å²) >= 11 is 9.43. The third kappa shape index (κ3) is 3.82. The normalized spacial score (nSPS) is 21.3. The molecule has 1 atom stereocenters. The van der Waals surface area contributed by atoms with Gasteiger partial charge in [-0.2, -0.15) is 4.98 Å². The highest BCUT2D eigenvalue weighted by atomic mass is 79.9. The van der Waals surface area contributed by atoms with E-state index in [9.17, 15) is 0 Å². The van der Waals surface area contributed by atoms with Crippen LogP contribution in [-0.4, -0.2) is 23.1 Å². The minimum Gasteiger partial charge on any atom is -0.356 e. The Labute approximate surface area is 128 Å². The molecule has 1 fully saturated rings. The van der Waals surface area contributed by atoms with Gasteiger partial charge in [-0.05, 0) is 58.1 Å². The van der Waals surface area contributed by atoms with Crippen LogP contribution in [0.2, 0.25) is 5.28 Å². The molecule has 0 bridgehead atoms. The lowest BCUT2D eigenvalue weighted by molar-refractivity contribution is 0.220. The summed E-state index contributed by atoms with van der Waals surface area (Å²) < 4.78 is 0.922. The van der Waals surface area contributed by atoms with E-state index in [2.05, 4.69) is 51.6 Å². The second-order valence-electron chi connectivity index (χ2n) is 6.29. The monoisotopic (exact) mass is 345 g/mol. The van der Waals surface area contributed by atoms with Crippen LogP contribution >= 0.6 is 27.5 Å². The fourth-order valence-corrected chi connectivity index (χ4v) is 3.30. The maximum Gasteiger partial charge on any atom is 0.224 e. The zero-order valence-corrected chi connectivity index (χ0v) is 14.1. The van der Waals surface area contributed by atoms with Crippen LogP contribution in [0.5, 0.6) is 0 Å². The fraction of sp³-hybridized carbons (Fsp3) is 0.714. The van der Waals surface area contributed by atoms with Crippen LogP contribution in [-0.2, 0) is 0 Å². The first-order valence-electron chi connectivity index (χ1n) is 6.81. The van der Waals surface area contributed by atoms with Crippen molar-refractivity contribution in [3.8, 4) is 0 Å². The summed E-state index contributed by atoms with van der Waals surface area (Å²) in [4.78, 5) is 10.7. The minimum atomic E-state index is 0.315. The van der Waals surface area contributed by atoms with Crippen molar-refractivity contribution < 1.29 is 0 Å². The molecule has 1 aliphatic heterocycles. The largest absolute Gasteiger partial charge is 0.356 e. The summed E-state index contributed by atoms with van der Waals surface area (Å²) in [5.41, 5.74) is 0.385. The Morgan fingerprint density at radius 2 is 2.05 bits per heavy atom. The lowest BCUT2D eigenvalue weighted by Gasteiger charge is -2.30. The van der Waals surface area contributed by atoms with Crippen LogP contribution in [0.15, 0.2) is 10.7 Å². The van der Waals surface area contributed by atoms with E-state index in [1.807, 2.05) is 0 Å². The van der Waals surface area contributed by atoms with E-state index < -0.39 is 0 Å². The molecule has 0 radical (unpaired) electrons. The Morgan fingerprint density at radius 1 is 1.32 bits per heavy atom. The number of rotatable bonds is 1. The molecule has 0 aromatic carbocycles. The molecule has 1 aliphatic rings. The molecule has 3 nitrogen and oxygen atoms in total. The van der Waals surface area contributed by atoms with E-state index in [0.717, 1.165) is 29.3 Å². The highest BCUT2D eigenvalue weighted by Crippen LogP contribution is 2.36. The van der Waals surface area contributed by atoms with Gasteiger partial charge < -0.3 is 4.90 Å². The average molecular weight is 347 g/mol. The third-order valence-electron chi connectivity index (χ3n) is 3.95. The van der Waals surface area contributed by atoms with Gasteiger partial charge in [0.05, 0.1) is 4.47 Å². The van der Waals surface area contributed by atoms with E-state index in [0.29, 0.717) is 10.7 Å². The summed E-state index contributed by atoms with van der Waals surface area (Å²) in [5.74, 6) is 1.70. The van der Waals surface area contributed by atoms with Crippen molar-refractivity contribution in [2.24, 2.45) is 11.3 Å². The Hall–Kier alpha value is -0.350. The first-order valence-corrected chi connectivity index (χ1v) is 7.98. The number of hydrogen-bond donors (Lipinski definition) is 0.